The van der Waals surface area contributed by atoms with E-state index in [1.54, 1.807) is 24.8 Å². The first-order valence-corrected chi connectivity index (χ1v) is 10.6. The van der Waals surface area contributed by atoms with Crippen LogP contribution < -0.4 is 10.2 Å². The lowest BCUT2D eigenvalue weighted by molar-refractivity contribution is -0.122. The Hall–Kier alpha value is -2.55. The van der Waals surface area contributed by atoms with Gasteiger partial charge in [0.25, 0.3) is 0 Å². The molecule has 1 aliphatic heterocycles. The number of benzene rings is 1. The average molecular weight is 412 g/mol. The normalized spacial score (nSPS) is 15.0. The Labute approximate surface area is 174 Å². The number of methoxy groups -OCH3 is 1. The SMILES string of the molecule is COCc1ccc(CNC(=O)CN2CCN(c3ncnc4sccc34)CC2)cc1. The molecule has 1 aromatic carbocycles. The number of rotatable bonds is 7. The maximum Gasteiger partial charge on any atom is 0.234 e. The smallest absolute Gasteiger partial charge is 0.234 e. The van der Waals surface area contributed by atoms with E-state index in [4.69, 9.17) is 4.74 Å². The standard InChI is InChI=1S/C21H25N5O2S/c1-28-14-17-4-2-16(3-5-17)12-22-19(27)13-25-7-9-26(10-8-25)20-18-6-11-29-21(18)24-15-23-20/h2-6,11,15H,7-10,12-14H2,1H3,(H,22,27). The summed E-state index contributed by atoms with van der Waals surface area (Å²) < 4.78 is 5.12. The minimum Gasteiger partial charge on any atom is -0.380 e. The van der Waals surface area contributed by atoms with Crippen molar-refractivity contribution in [3.8, 4) is 0 Å². The molecule has 0 unspecified atom stereocenters. The summed E-state index contributed by atoms with van der Waals surface area (Å²) in [5.41, 5.74) is 2.22. The molecule has 8 heteroatoms. The first kappa shape index (κ1) is 19.8. The van der Waals surface area contributed by atoms with Crippen LogP contribution in [0, 0.1) is 0 Å². The van der Waals surface area contributed by atoms with E-state index in [1.165, 1.54) is 0 Å². The molecule has 4 rings (SSSR count). The van der Waals surface area contributed by atoms with Crippen molar-refractivity contribution in [1.29, 1.82) is 0 Å². The van der Waals surface area contributed by atoms with Crippen molar-refractivity contribution in [3.63, 3.8) is 0 Å². The van der Waals surface area contributed by atoms with Crippen LogP contribution in [0.1, 0.15) is 11.1 Å². The Morgan fingerprint density at radius 2 is 1.86 bits per heavy atom. The molecule has 1 saturated heterocycles. The quantitative estimate of drug-likeness (QED) is 0.643. The summed E-state index contributed by atoms with van der Waals surface area (Å²) in [6.45, 7) is 4.97. The zero-order valence-corrected chi connectivity index (χ0v) is 17.3. The van der Waals surface area contributed by atoms with Crippen LogP contribution in [0.4, 0.5) is 5.82 Å². The Balaban J connectivity index is 1.24. The van der Waals surface area contributed by atoms with Crippen LogP contribution in [0.3, 0.4) is 0 Å². The van der Waals surface area contributed by atoms with E-state index >= 15 is 0 Å². The van der Waals surface area contributed by atoms with E-state index in [2.05, 4.69) is 36.5 Å². The number of carbonyl (C=O) groups is 1. The van der Waals surface area contributed by atoms with Gasteiger partial charge in [-0.05, 0) is 22.6 Å². The van der Waals surface area contributed by atoms with E-state index in [9.17, 15) is 4.79 Å². The number of nitrogens with one attached hydrogen (secondary N) is 1. The summed E-state index contributed by atoms with van der Waals surface area (Å²) in [7, 11) is 1.68. The van der Waals surface area contributed by atoms with Crippen molar-refractivity contribution in [2.24, 2.45) is 0 Å². The Morgan fingerprint density at radius 3 is 2.62 bits per heavy atom. The molecule has 7 nitrogen and oxygen atoms in total. The summed E-state index contributed by atoms with van der Waals surface area (Å²) in [5.74, 6) is 1.05. The Bertz CT molecular complexity index is 951. The van der Waals surface area contributed by atoms with Gasteiger partial charge >= 0.3 is 0 Å². The molecule has 1 N–H and O–H groups in total. The fourth-order valence-electron chi connectivity index (χ4n) is 3.53. The lowest BCUT2D eigenvalue weighted by Gasteiger charge is -2.35. The molecule has 1 amide bonds. The molecule has 2 aromatic heterocycles. The van der Waals surface area contributed by atoms with Gasteiger partial charge in [-0.3, -0.25) is 9.69 Å². The molecule has 3 heterocycles. The minimum atomic E-state index is 0.0571. The molecule has 1 aliphatic rings. The third kappa shape index (κ3) is 4.90. The fraction of sp³-hybridized carbons (Fsp3) is 0.381. The summed E-state index contributed by atoms with van der Waals surface area (Å²) in [6, 6.07) is 10.2. The van der Waals surface area contributed by atoms with Gasteiger partial charge in [-0.25, -0.2) is 9.97 Å². The fourth-order valence-corrected chi connectivity index (χ4v) is 4.25. The highest BCUT2D eigenvalue weighted by atomic mass is 32.1. The summed E-state index contributed by atoms with van der Waals surface area (Å²) in [6.07, 6.45) is 1.63. The van der Waals surface area contributed by atoms with E-state index in [0.717, 1.165) is 53.3 Å². The number of amides is 1. The van der Waals surface area contributed by atoms with Gasteiger partial charge in [0.1, 0.15) is 17.0 Å². The maximum atomic E-state index is 12.3. The van der Waals surface area contributed by atoms with Crippen LogP contribution >= 0.6 is 11.3 Å². The van der Waals surface area contributed by atoms with Crippen molar-refractivity contribution in [1.82, 2.24) is 20.2 Å². The molecule has 29 heavy (non-hydrogen) atoms. The molecular weight excluding hydrogens is 386 g/mol. The van der Waals surface area contributed by atoms with Crippen LogP contribution in [0.5, 0.6) is 0 Å². The van der Waals surface area contributed by atoms with Crippen LogP contribution in [-0.2, 0) is 22.7 Å². The number of hydrogen-bond acceptors (Lipinski definition) is 7. The molecule has 0 saturated carbocycles. The number of thiophene rings is 1. The monoisotopic (exact) mass is 411 g/mol. The lowest BCUT2D eigenvalue weighted by atomic mass is 10.1. The lowest BCUT2D eigenvalue weighted by Crippen LogP contribution is -2.49. The van der Waals surface area contributed by atoms with Gasteiger partial charge in [0.05, 0.1) is 18.5 Å². The van der Waals surface area contributed by atoms with Crippen molar-refractivity contribution in [2.75, 3.05) is 44.7 Å². The van der Waals surface area contributed by atoms with Gasteiger partial charge in [-0.15, -0.1) is 11.3 Å². The van der Waals surface area contributed by atoms with E-state index < -0.39 is 0 Å². The van der Waals surface area contributed by atoms with Crippen LogP contribution in [-0.4, -0.2) is 60.6 Å². The Morgan fingerprint density at radius 1 is 1.10 bits per heavy atom. The molecule has 0 spiro atoms. The molecule has 1 fully saturated rings. The van der Waals surface area contributed by atoms with E-state index in [0.29, 0.717) is 19.7 Å². The number of hydrogen-bond donors (Lipinski definition) is 1. The summed E-state index contributed by atoms with van der Waals surface area (Å²) in [4.78, 5) is 26.6. The molecular formula is C21H25N5O2S. The summed E-state index contributed by atoms with van der Waals surface area (Å²) in [5, 5.41) is 6.18. The number of ether oxygens (including phenoxy) is 1. The number of nitrogens with zero attached hydrogens (tertiary/aromatic N) is 4. The highest BCUT2D eigenvalue weighted by molar-refractivity contribution is 7.16. The number of anilines is 1. The topological polar surface area (TPSA) is 70.6 Å². The van der Waals surface area contributed by atoms with Crippen molar-refractivity contribution < 1.29 is 9.53 Å². The number of fused-ring (bicyclic) bond motifs is 1. The third-order valence-corrected chi connectivity index (χ3v) is 5.92. The molecule has 0 aliphatic carbocycles. The molecule has 0 bridgehead atoms. The van der Waals surface area contributed by atoms with E-state index in [-0.39, 0.29) is 5.91 Å². The van der Waals surface area contributed by atoms with Crippen molar-refractivity contribution in [3.05, 3.63) is 53.2 Å². The van der Waals surface area contributed by atoms with Crippen LogP contribution in [0.15, 0.2) is 42.0 Å². The van der Waals surface area contributed by atoms with Crippen LogP contribution in [0.25, 0.3) is 10.2 Å². The number of carbonyl (C=O) groups excluding carboxylic acids is 1. The molecule has 3 aromatic rings. The van der Waals surface area contributed by atoms with Gasteiger partial charge in [-0.2, -0.15) is 0 Å². The Kier molecular flexibility index (Phi) is 6.33. The highest BCUT2D eigenvalue weighted by Gasteiger charge is 2.21. The third-order valence-electron chi connectivity index (χ3n) is 5.10. The van der Waals surface area contributed by atoms with Gasteiger partial charge in [-0.1, -0.05) is 24.3 Å². The van der Waals surface area contributed by atoms with Gasteiger partial charge in [0.2, 0.25) is 5.91 Å². The zero-order chi connectivity index (χ0) is 20.1. The van der Waals surface area contributed by atoms with Crippen LogP contribution in [0.2, 0.25) is 0 Å². The highest BCUT2D eigenvalue weighted by Crippen LogP contribution is 2.27. The van der Waals surface area contributed by atoms with Gasteiger partial charge < -0.3 is 15.0 Å². The number of aromatic nitrogens is 2. The van der Waals surface area contributed by atoms with E-state index in [1.807, 2.05) is 24.3 Å². The maximum absolute atomic E-state index is 12.3. The summed E-state index contributed by atoms with van der Waals surface area (Å²) >= 11 is 1.63. The second-order valence-electron chi connectivity index (χ2n) is 7.13. The second-order valence-corrected chi connectivity index (χ2v) is 8.02. The first-order chi connectivity index (χ1) is 14.2. The van der Waals surface area contributed by atoms with Gasteiger partial charge in [0.15, 0.2) is 0 Å². The number of piperazine rings is 1. The van der Waals surface area contributed by atoms with Gasteiger partial charge in [0, 0.05) is 39.8 Å². The molecule has 0 atom stereocenters. The molecule has 0 radical (unpaired) electrons. The predicted molar refractivity (Wildman–Crippen MR) is 115 cm³/mol. The predicted octanol–water partition coefficient (Wildman–Crippen LogP) is 2.28. The first-order valence-electron chi connectivity index (χ1n) is 9.72. The van der Waals surface area contributed by atoms with Crippen molar-refractivity contribution >= 4 is 33.3 Å². The zero-order valence-electron chi connectivity index (χ0n) is 16.5. The average Bonchev–Trinajstić information content (AvgIpc) is 3.23. The largest absolute Gasteiger partial charge is 0.380 e. The van der Waals surface area contributed by atoms with Crippen molar-refractivity contribution in [2.45, 2.75) is 13.2 Å². The minimum absolute atomic E-state index is 0.0571. The molecule has 152 valence electrons. The second kappa shape index (κ2) is 9.30.